The van der Waals surface area contributed by atoms with E-state index in [2.05, 4.69) is 30.1 Å². The predicted molar refractivity (Wildman–Crippen MR) is 95.0 cm³/mol. The fraction of sp³-hybridized carbons (Fsp3) is 0.222. The van der Waals surface area contributed by atoms with Crippen molar-refractivity contribution in [1.82, 2.24) is 4.98 Å². The zero-order chi connectivity index (χ0) is 15.7. The third-order valence-electron chi connectivity index (χ3n) is 4.17. The van der Waals surface area contributed by atoms with E-state index in [0.717, 1.165) is 17.5 Å². The van der Waals surface area contributed by atoms with E-state index >= 15 is 0 Å². The smallest absolute Gasteiger partial charge is 0.0458 e. The first-order chi connectivity index (χ1) is 10.6. The largest absolute Gasteiger partial charge is 0.358 e. The summed E-state index contributed by atoms with van der Waals surface area (Å²) in [5.41, 5.74) is 10.6. The van der Waals surface area contributed by atoms with Gasteiger partial charge in [0.15, 0.2) is 0 Å². The molecular weight excluding hydrogens is 315 g/mol. The molecule has 3 rings (SSSR count). The third kappa shape index (κ3) is 2.74. The Balaban J connectivity index is 2.04. The summed E-state index contributed by atoms with van der Waals surface area (Å²) >= 11 is 12.7. The first-order valence-electron chi connectivity index (χ1n) is 7.32. The molecule has 0 amide bonds. The summed E-state index contributed by atoms with van der Waals surface area (Å²) in [7, 11) is 0. The highest BCUT2D eigenvalue weighted by Gasteiger charge is 2.20. The minimum Gasteiger partial charge on any atom is -0.358 e. The lowest BCUT2D eigenvalue weighted by atomic mass is 9.90. The molecular formula is C18H18Cl2N2. The SMILES string of the molecule is Cc1[nH]c2ccccc2c1CC(CN)c1c(Cl)cccc1Cl. The van der Waals surface area contributed by atoms with Crippen LogP contribution in [-0.2, 0) is 6.42 Å². The minimum atomic E-state index is 0.0964. The number of para-hydroxylation sites is 1. The molecule has 3 aromatic rings. The van der Waals surface area contributed by atoms with Crippen molar-refractivity contribution in [2.45, 2.75) is 19.3 Å². The van der Waals surface area contributed by atoms with Gasteiger partial charge in [-0.1, -0.05) is 47.5 Å². The van der Waals surface area contributed by atoms with Crippen LogP contribution in [0.4, 0.5) is 0 Å². The van der Waals surface area contributed by atoms with E-state index in [1.54, 1.807) is 0 Å². The molecule has 0 aliphatic rings. The Morgan fingerprint density at radius 1 is 1.05 bits per heavy atom. The Bertz CT molecular complexity index is 788. The number of fused-ring (bicyclic) bond motifs is 1. The molecule has 0 saturated heterocycles. The monoisotopic (exact) mass is 332 g/mol. The van der Waals surface area contributed by atoms with Crippen molar-refractivity contribution in [3.63, 3.8) is 0 Å². The first-order valence-corrected chi connectivity index (χ1v) is 8.07. The predicted octanol–water partition coefficient (Wildman–Crippen LogP) is 5.07. The molecule has 1 atom stereocenters. The molecule has 4 heteroatoms. The van der Waals surface area contributed by atoms with Crippen LogP contribution < -0.4 is 5.73 Å². The zero-order valence-corrected chi connectivity index (χ0v) is 13.9. The number of aromatic nitrogens is 1. The summed E-state index contributed by atoms with van der Waals surface area (Å²) in [6.45, 7) is 2.60. The number of benzene rings is 2. The van der Waals surface area contributed by atoms with E-state index < -0.39 is 0 Å². The molecule has 0 spiro atoms. The van der Waals surface area contributed by atoms with Gasteiger partial charge in [0.1, 0.15) is 0 Å². The van der Waals surface area contributed by atoms with Gasteiger partial charge in [-0.25, -0.2) is 0 Å². The standard InChI is InChI=1S/C18H18Cl2N2/c1-11-14(13-5-2-3-8-17(13)22-11)9-12(10-21)18-15(19)6-4-7-16(18)20/h2-8,12,22H,9-10,21H2,1H3. The number of halogens is 2. The van der Waals surface area contributed by atoms with Crippen LogP contribution in [0.5, 0.6) is 0 Å². The van der Waals surface area contributed by atoms with Gasteiger partial charge in [-0.3, -0.25) is 0 Å². The molecule has 0 aliphatic carbocycles. The van der Waals surface area contributed by atoms with Crippen LogP contribution in [0.3, 0.4) is 0 Å². The Labute approximate surface area is 140 Å². The summed E-state index contributed by atoms with van der Waals surface area (Å²) in [5.74, 6) is 0.0964. The second-order valence-corrected chi connectivity index (χ2v) is 6.36. The molecule has 114 valence electrons. The van der Waals surface area contributed by atoms with Gasteiger partial charge in [0.05, 0.1) is 0 Å². The molecule has 0 fully saturated rings. The molecule has 1 unspecified atom stereocenters. The van der Waals surface area contributed by atoms with Gasteiger partial charge >= 0.3 is 0 Å². The number of nitrogens with two attached hydrogens (primary N) is 1. The van der Waals surface area contributed by atoms with Crippen molar-refractivity contribution in [2.75, 3.05) is 6.54 Å². The molecule has 3 N–H and O–H groups in total. The molecule has 2 aromatic carbocycles. The Morgan fingerprint density at radius 3 is 2.41 bits per heavy atom. The van der Waals surface area contributed by atoms with Gasteiger partial charge in [0.2, 0.25) is 0 Å². The lowest BCUT2D eigenvalue weighted by molar-refractivity contribution is 0.695. The maximum absolute atomic E-state index is 6.35. The summed E-state index contributed by atoms with van der Waals surface area (Å²) in [6, 6.07) is 13.9. The number of hydrogen-bond donors (Lipinski definition) is 2. The van der Waals surface area contributed by atoms with Crippen molar-refractivity contribution >= 4 is 34.1 Å². The first kappa shape index (κ1) is 15.4. The number of aromatic amines is 1. The van der Waals surface area contributed by atoms with Crippen LogP contribution in [0.1, 0.15) is 22.7 Å². The van der Waals surface area contributed by atoms with Crippen LogP contribution in [0.2, 0.25) is 10.0 Å². The van der Waals surface area contributed by atoms with Crippen molar-refractivity contribution in [3.8, 4) is 0 Å². The van der Waals surface area contributed by atoms with Gasteiger partial charge in [0.25, 0.3) is 0 Å². The highest BCUT2D eigenvalue weighted by molar-refractivity contribution is 6.36. The van der Waals surface area contributed by atoms with Crippen LogP contribution in [0, 0.1) is 6.92 Å². The number of hydrogen-bond acceptors (Lipinski definition) is 1. The third-order valence-corrected chi connectivity index (χ3v) is 4.83. The van der Waals surface area contributed by atoms with E-state index in [9.17, 15) is 0 Å². The summed E-state index contributed by atoms with van der Waals surface area (Å²) in [4.78, 5) is 3.43. The normalized spacial score (nSPS) is 12.7. The fourth-order valence-corrected chi connectivity index (χ4v) is 3.75. The topological polar surface area (TPSA) is 41.8 Å². The molecule has 0 aliphatic heterocycles. The van der Waals surface area contributed by atoms with Crippen LogP contribution >= 0.6 is 23.2 Å². The maximum Gasteiger partial charge on any atom is 0.0458 e. The second kappa shape index (κ2) is 6.33. The Hall–Kier alpha value is -1.48. The number of H-pyrrole nitrogens is 1. The number of nitrogens with one attached hydrogen (secondary N) is 1. The molecule has 22 heavy (non-hydrogen) atoms. The number of rotatable bonds is 4. The van der Waals surface area contributed by atoms with Crippen molar-refractivity contribution in [2.24, 2.45) is 5.73 Å². The van der Waals surface area contributed by atoms with Crippen LogP contribution in [0.25, 0.3) is 10.9 Å². The van der Waals surface area contributed by atoms with E-state index in [1.807, 2.05) is 24.3 Å². The lowest BCUT2D eigenvalue weighted by Gasteiger charge is -2.18. The highest BCUT2D eigenvalue weighted by atomic mass is 35.5. The highest BCUT2D eigenvalue weighted by Crippen LogP contribution is 2.35. The Kier molecular flexibility index (Phi) is 4.44. The van der Waals surface area contributed by atoms with Crippen molar-refractivity contribution < 1.29 is 0 Å². The van der Waals surface area contributed by atoms with Gasteiger partial charge in [-0.05, 0) is 49.2 Å². The summed E-state index contributed by atoms with van der Waals surface area (Å²) < 4.78 is 0. The lowest BCUT2D eigenvalue weighted by Crippen LogP contribution is -2.16. The van der Waals surface area contributed by atoms with Crippen molar-refractivity contribution in [1.29, 1.82) is 0 Å². The van der Waals surface area contributed by atoms with Gasteiger partial charge in [-0.2, -0.15) is 0 Å². The van der Waals surface area contributed by atoms with E-state index in [-0.39, 0.29) is 5.92 Å². The van der Waals surface area contributed by atoms with E-state index in [4.69, 9.17) is 28.9 Å². The van der Waals surface area contributed by atoms with Crippen LogP contribution in [0.15, 0.2) is 42.5 Å². The quantitative estimate of drug-likeness (QED) is 0.688. The van der Waals surface area contributed by atoms with E-state index in [0.29, 0.717) is 16.6 Å². The summed E-state index contributed by atoms with van der Waals surface area (Å²) in [6.07, 6.45) is 0.815. The average molecular weight is 333 g/mol. The number of aryl methyl sites for hydroxylation is 1. The average Bonchev–Trinajstić information content (AvgIpc) is 2.81. The molecule has 0 bridgehead atoms. The van der Waals surface area contributed by atoms with Gasteiger partial charge in [-0.15, -0.1) is 0 Å². The second-order valence-electron chi connectivity index (χ2n) is 5.55. The minimum absolute atomic E-state index is 0.0964. The summed E-state index contributed by atoms with van der Waals surface area (Å²) in [5, 5.41) is 2.60. The van der Waals surface area contributed by atoms with Gasteiger partial charge < -0.3 is 10.7 Å². The Morgan fingerprint density at radius 2 is 1.73 bits per heavy atom. The molecule has 0 saturated carbocycles. The molecule has 1 heterocycles. The van der Waals surface area contributed by atoms with Crippen LogP contribution in [-0.4, -0.2) is 11.5 Å². The molecule has 0 radical (unpaired) electrons. The van der Waals surface area contributed by atoms with E-state index in [1.165, 1.54) is 16.6 Å². The van der Waals surface area contributed by atoms with Crippen molar-refractivity contribution in [3.05, 3.63) is 69.3 Å². The molecule has 1 aromatic heterocycles. The zero-order valence-electron chi connectivity index (χ0n) is 12.4. The molecule has 2 nitrogen and oxygen atoms in total. The van der Waals surface area contributed by atoms with Gasteiger partial charge in [0, 0.05) is 32.6 Å². The maximum atomic E-state index is 6.35. The fourth-order valence-electron chi connectivity index (χ4n) is 3.05.